The molecule has 208 valence electrons. The van der Waals surface area contributed by atoms with E-state index in [0.29, 0.717) is 35.7 Å². The summed E-state index contributed by atoms with van der Waals surface area (Å²) in [4.78, 5) is 35.0. The van der Waals surface area contributed by atoms with E-state index in [1.165, 1.54) is 17.2 Å². The highest BCUT2D eigenvalue weighted by molar-refractivity contribution is 5.93. The number of carbonyl (C=O) groups is 2. The first-order valence-corrected chi connectivity index (χ1v) is 13.1. The van der Waals surface area contributed by atoms with Crippen LogP contribution in [0.2, 0.25) is 0 Å². The van der Waals surface area contributed by atoms with Crippen LogP contribution in [0.4, 0.5) is 29.9 Å². The molecule has 2 saturated heterocycles. The van der Waals surface area contributed by atoms with Gasteiger partial charge in [-0.15, -0.1) is 0 Å². The Morgan fingerprint density at radius 3 is 2.62 bits per heavy atom. The first-order chi connectivity index (χ1) is 18.4. The lowest BCUT2D eigenvalue weighted by atomic mass is 9.83. The molecule has 5 rings (SSSR count). The number of piperazine rings is 1. The third-order valence-electron chi connectivity index (χ3n) is 7.71. The van der Waals surface area contributed by atoms with Crippen LogP contribution in [-0.4, -0.2) is 73.3 Å². The van der Waals surface area contributed by atoms with Crippen LogP contribution in [0.25, 0.3) is 5.65 Å². The van der Waals surface area contributed by atoms with Gasteiger partial charge in [0.05, 0.1) is 18.3 Å². The fraction of sp³-hybridized carbons (Fsp3) is 0.481. The van der Waals surface area contributed by atoms with Gasteiger partial charge in [0.15, 0.2) is 5.65 Å². The van der Waals surface area contributed by atoms with Crippen LogP contribution in [0.15, 0.2) is 36.7 Å². The number of carboxylic acid groups (broad SMARTS) is 1. The van der Waals surface area contributed by atoms with E-state index in [9.17, 15) is 23.5 Å². The van der Waals surface area contributed by atoms with Crippen molar-refractivity contribution in [1.82, 2.24) is 24.4 Å². The van der Waals surface area contributed by atoms with Gasteiger partial charge in [0.2, 0.25) is 0 Å². The molecule has 0 bridgehead atoms. The molecule has 2 aromatic heterocycles. The summed E-state index contributed by atoms with van der Waals surface area (Å²) in [5, 5.41) is 16.9. The minimum absolute atomic E-state index is 0.206. The van der Waals surface area contributed by atoms with Crippen molar-refractivity contribution in [2.75, 3.05) is 29.9 Å². The van der Waals surface area contributed by atoms with Crippen molar-refractivity contribution < 1.29 is 23.5 Å². The van der Waals surface area contributed by atoms with Crippen LogP contribution in [0.1, 0.15) is 52.1 Å². The lowest BCUT2D eigenvalue weighted by Gasteiger charge is -2.48. The number of amides is 3. The molecule has 0 radical (unpaired) electrons. The minimum Gasteiger partial charge on any atom is -0.465 e. The van der Waals surface area contributed by atoms with Gasteiger partial charge in [0.1, 0.15) is 23.1 Å². The van der Waals surface area contributed by atoms with Gasteiger partial charge in [-0.3, -0.25) is 0 Å². The third-order valence-corrected chi connectivity index (χ3v) is 7.71. The predicted octanol–water partition coefficient (Wildman–Crippen LogP) is 4.98. The molecule has 0 aliphatic carbocycles. The van der Waals surface area contributed by atoms with E-state index in [4.69, 9.17) is 4.98 Å². The summed E-state index contributed by atoms with van der Waals surface area (Å²) < 4.78 is 30.1. The van der Waals surface area contributed by atoms with Gasteiger partial charge in [-0.2, -0.15) is 5.10 Å². The van der Waals surface area contributed by atoms with Crippen molar-refractivity contribution in [1.29, 1.82) is 0 Å². The quantitative estimate of drug-likeness (QED) is 0.485. The van der Waals surface area contributed by atoms with E-state index >= 15 is 0 Å². The monoisotopic (exact) mass is 541 g/mol. The maximum Gasteiger partial charge on any atom is 0.407 e. The highest BCUT2D eigenvalue weighted by Gasteiger charge is 2.42. The summed E-state index contributed by atoms with van der Waals surface area (Å²) in [6, 6.07) is 3.81. The summed E-state index contributed by atoms with van der Waals surface area (Å²) in [6.07, 6.45) is 3.68. The SMILES string of the molecule is CC1CN(C(=O)Nc2cnn3ccc(N4CCC[C@@H]4c4cc(F)ccc4F)nc23)C(C(C)(C)C)CN1C(=O)O. The summed E-state index contributed by atoms with van der Waals surface area (Å²) in [7, 11) is 0. The summed E-state index contributed by atoms with van der Waals surface area (Å²) in [5.41, 5.74) is 0.736. The summed E-state index contributed by atoms with van der Waals surface area (Å²) in [5.74, 6) is -0.382. The van der Waals surface area contributed by atoms with Crippen molar-refractivity contribution in [2.24, 2.45) is 5.41 Å². The molecule has 39 heavy (non-hydrogen) atoms. The van der Waals surface area contributed by atoms with E-state index in [-0.39, 0.29) is 42.7 Å². The number of nitrogens with zero attached hydrogens (tertiary/aromatic N) is 6. The number of fused-ring (bicyclic) bond motifs is 1. The number of halogens is 2. The second-order valence-corrected chi connectivity index (χ2v) is 11.4. The molecule has 3 aromatic rings. The average Bonchev–Trinajstić information content (AvgIpc) is 3.51. The first-order valence-electron chi connectivity index (χ1n) is 13.1. The van der Waals surface area contributed by atoms with Crippen molar-refractivity contribution in [3.05, 3.63) is 53.9 Å². The van der Waals surface area contributed by atoms with Gasteiger partial charge in [-0.1, -0.05) is 20.8 Å². The van der Waals surface area contributed by atoms with Gasteiger partial charge >= 0.3 is 12.1 Å². The number of carbonyl (C=O) groups excluding carboxylic acids is 1. The van der Waals surface area contributed by atoms with Crippen LogP contribution in [0, 0.1) is 17.0 Å². The molecular formula is C27H33F2N7O3. The van der Waals surface area contributed by atoms with Gasteiger partial charge in [-0.25, -0.2) is 27.9 Å². The molecule has 4 heterocycles. The molecule has 1 aromatic carbocycles. The zero-order valence-electron chi connectivity index (χ0n) is 22.4. The molecule has 12 heteroatoms. The molecule has 2 aliphatic rings. The van der Waals surface area contributed by atoms with Crippen molar-refractivity contribution in [3.63, 3.8) is 0 Å². The van der Waals surface area contributed by atoms with Crippen molar-refractivity contribution in [3.8, 4) is 0 Å². The number of anilines is 2. The van der Waals surface area contributed by atoms with Crippen LogP contribution in [-0.2, 0) is 0 Å². The Hall–Kier alpha value is -3.96. The number of aromatic nitrogens is 3. The fourth-order valence-electron chi connectivity index (χ4n) is 5.64. The molecule has 2 fully saturated rings. The van der Waals surface area contributed by atoms with E-state index in [2.05, 4.69) is 10.4 Å². The lowest BCUT2D eigenvalue weighted by Crippen LogP contribution is -2.64. The largest absolute Gasteiger partial charge is 0.465 e. The summed E-state index contributed by atoms with van der Waals surface area (Å²) in [6.45, 7) is 8.79. The van der Waals surface area contributed by atoms with Crippen LogP contribution >= 0.6 is 0 Å². The Morgan fingerprint density at radius 2 is 1.90 bits per heavy atom. The topological polar surface area (TPSA) is 106 Å². The Bertz CT molecular complexity index is 1410. The third kappa shape index (κ3) is 5.07. The van der Waals surface area contributed by atoms with Gasteiger partial charge < -0.3 is 25.1 Å². The fourth-order valence-corrected chi connectivity index (χ4v) is 5.64. The second-order valence-electron chi connectivity index (χ2n) is 11.4. The molecule has 0 spiro atoms. The number of nitrogens with one attached hydrogen (secondary N) is 1. The number of benzene rings is 1. The molecule has 3 amide bonds. The minimum atomic E-state index is -1.01. The van der Waals surface area contributed by atoms with E-state index in [1.54, 1.807) is 28.6 Å². The standard InChI is InChI=1S/C27H33F2N7O3/c1-16-14-35(22(27(2,3)4)15-34(16)26(38)39)25(37)31-20-13-30-36-11-9-23(32-24(20)36)33-10-5-6-21(33)18-12-17(28)7-8-19(18)29/h7-9,11-13,16,21-22H,5-6,10,14-15H2,1-4H3,(H,31,37)(H,38,39)/t16?,21-,22?/m1/s1. The number of hydrogen-bond acceptors (Lipinski definition) is 5. The average molecular weight is 542 g/mol. The highest BCUT2D eigenvalue weighted by atomic mass is 19.1. The van der Waals surface area contributed by atoms with Gasteiger partial charge in [0, 0.05) is 37.4 Å². The first kappa shape index (κ1) is 26.6. The van der Waals surface area contributed by atoms with Crippen molar-refractivity contribution >= 4 is 29.3 Å². The zero-order chi connectivity index (χ0) is 28.1. The highest BCUT2D eigenvalue weighted by Crippen LogP contribution is 2.37. The predicted molar refractivity (Wildman–Crippen MR) is 142 cm³/mol. The molecule has 2 unspecified atom stereocenters. The molecular weight excluding hydrogens is 508 g/mol. The van der Waals surface area contributed by atoms with E-state index in [1.807, 2.05) is 25.7 Å². The number of rotatable bonds is 3. The normalized spacial score (nSPS) is 22.0. The Balaban J connectivity index is 1.42. The van der Waals surface area contributed by atoms with Crippen LogP contribution in [0.5, 0.6) is 0 Å². The number of hydrogen-bond donors (Lipinski definition) is 2. The van der Waals surface area contributed by atoms with Crippen LogP contribution < -0.4 is 10.2 Å². The molecule has 2 N–H and O–H groups in total. The van der Waals surface area contributed by atoms with Gasteiger partial charge in [-0.05, 0) is 49.4 Å². The Labute approximate surface area is 225 Å². The molecule has 10 nitrogen and oxygen atoms in total. The van der Waals surface area contributed by atoms with E-state index in [0.717, 1.165) is 18.6 Å². The van der Waals surface area contributed by atoms with Gasteiger partial charge in [0.25, 0.3) is 0 Å². The zero-order valence-corrected chi connectivity index (χ0v) is 22.4. The van der Waals surface area contributed by atoms with Crippen molar-refractivity contribution in [2.45, 2.75) is 58.7 Å². The van der Waals surface area contributed by atoms with E-state index < -0.39 is 17.7 Å². The maximum atomic E-state index is 14.6. The second kappa shape index (κ2) is 9.97. The Morgan fingerprint density at radius 1 is 1.13 bits per heavy atom. The molecule has 0 saturated carbocycles. The Kier molecular flexibility index (Phi) is 6.81. The van der Waals surface area contributed by atoms with Crippen LogP contribution in [0.3, 0.4) is 0 Å². The summed E-state index contributed by atoms with van der Waals surface area (Å²) >= 11 is 0. The maximum absolute atomic E-state index is 14.6. The molecule has 3 atom stereocenters. The number of urea groups is 1. The lowest BCUT2D eigenvalue weighted by molar-refractivity contribution is 0.0196. The smallest absolute Gasteiger partial charge is 0.407 e. The molecule has 2 aliphatic heterocycles.